The largest absolute Gasteiger partial charge is 0.383 e. The molecule has 0 saturated heterocycles. The molecule has 118 valence electrons. The number of aromatic nitrogens is 2. The highest BCUT2D eigenvalue weighted by atomic mass is 15.4. The number of nitrogens with zero attached hydrogens (tertiary/aromatic N) is 2. The van der Waals surface area contributed by atoms with Crippen LogP contribution in [0, 0.1) is 0 Å². The molecule has 3 heteroatoms. The zero-order valence-corrected chi connectivity index (χ0v) is 14.0. The third-order valence-corrected chi connectivity index (χ3v) is 4.40. The highest BCUT2D eigenvalue weighted by molar-refractivity contribution is 5.77. The second-order valence-corrected chi connectivity index (χ2v) is 6.26. The Labute approximate surface area is 137 Å². The first-order chi connectivity index (χ1) is 11.1. The zero-order chi connectivity index (χ0) is 16.4. The quantitative estimate of drug-likeness (QED) is 0.772. The van der Waals surface area contributed by atoms with E-state index >= 15 is 0 Å². The third kappa shape index (κ3) is 2.63. The predicted molar refractivity (Wildman–Crippen MR) is 96.3 cm³/mol. The first kappa shape index (κ1) is 15.3. The average molecular weight is 305 g/mol. The van der Waals surface area contributed by atoms with Gasteiger partial charge in [0.25, 0.3) is 0 Å². The van der Waals surface area contributed by atoms with Crippen LogP contribution in [-0.2, 0) is 12.0 Å². The summed E-state index contributed by atoms with van der Waals surface area (Å²) < 4.78 is 1.96. The first-order valence-electron chi connectivity index (χ1n) is 8.04. The fourth-order valence-corrected chi connectivity index (χ4v) is 3.04. The first-order valence-corrected chi connectivity index (χ1v) is 8.04. The lowest BCUT2D eigenvalue weighted by Crippen LogP contribution is -2.30. The summed E-state index contributed by atoms with van der Waals surface area (Å²) in [6.45, 7) is 6.42. The SMILES string of the molecule is CCc1nn(C(C)(C)c2ccccc2)c(N)c1-c1ccccc1. The van der Waals surface area contributed by atoms with Crippen LogP contribution >= 0.6 is 0 Å². The van der Waals surface area contributed by atoms with Crippen molar-refractivity contribution in [3.05, 3.63) is 71.9 Å². The average Bonchev–Trinajstić information content (AvgIpc) is 2.93. The maximum atomic E-state index is 6.54. The van der Waals surface area contributed by atoms with E-state index in [0.717, 1.165) is 29.1 Å². The summed E-state index contributed by atoms with van der Waals surface area (Å²) >= 11 is 0. The van der Waals surface area contributed by atoms with E-state index < -0.39 is 0 Å². The predicted octanol–water partition coefficient (Wildman–Crippen LogP) is 4.48. The molecule has 0 aliphatic carbocycles. The van der Waals surface area contributed by atoms with Gasteiger partial charge in [-0.05, 0) is 31.4 Å². The van der Waals surface area contributed by atoms with Crippen molar-refractivity contribution in [3.8, 4) is 11.1 Å². The maximum Gasteiger partial charge on any atom is 0.130 e. The van der Waals surface area contributed by atoms with Crippen LogP contribution in [0.4, 0.5) is 5.82 Å². The fourth-order valence-electron chi connectivity index (χ4n) is 3.04. The third-order valence-electron chi connectivity index (χ3n) is 4.40. The molecule has 0 amide bonds. The minimum absolute atomic E-state index is 0.303. The smallest absolute Gasteiger partial charge is 0.130 e. The van der Waals surface area contributed by atoms with Crippen molar-refractivity contribution in [1.82, 2.24) is 9.78 Å². The van der Waals surface area contributed by atoms with Gasteiger partial charge in [-0.1, -0.05) is 67.6 Å². The van der Waals surface area contributed by atoms with Gasteiger partial charge in [0.2, 0.25) is 0 Å². The molecule has 0 fully saturated rings. The molecule has 0 spiro atoms. The number of aryl methyl sites for hydroxylation is 1. The Morgan fingerprint density at radius 1 is 0.957 bits per heavy atom. The van der Waals surface area contributed by atoms with Gasteiger partial charge < -0.3 is 5.73 Å². The zero-order valence-electron chi connectivity index (χ0n) is 14.0. The summed E-state index contributed by atoms with van der Waals surface area (Å²) in [5.74, 6) is 0.724. The lowest BCUT2D eigenvalue weighted by molar-refractivity contribution is 0.394. The highest BCUT2D eigenvalue weighted by Gasteiger charge is 2.28. The van der Waals surface area contributed by atoms with Crippen molar-refractivity contribution in [1.29, 1.82) is 0 Å². The molecule has 3 nitrogen and oxygen atoms in total. The van der Waals surface area contributed by atoms with Crippen LogP contribution in [0.25, 0.3) is 11.1 Å². The van der Waals surface area contributed by atoms with E-state index in [2.05, 4.69) is 57.2 Å². The topological polar surface area (TPSA) is 43.8 Å². The van der Waals surface area contributed by atoms with Crippen LogP contribution in [0.3, 0.4) is 0 Å². The van der Waals surface area contributed by atoms with Gasteiger partial charge in [-0.15, -0.1) is 0 Å². The van der Waals surface area contributed by atoms with E-state index in [1.165, 1.54) is 5.56 Å². The van der Waals surface area contributed by atoms with Crippen LogP contribution in [0.1, 0.15) is 32.0 Å². The standard InChI is InChI=1S/C20H23N3/c1-4-17-18(15-11-7-5-8-12-15)19(21)23(22-17)20(2,3)16-13-9-6-10-14-16/h5-14H,4,21H2,1-3H3. The Morgan fingerprint density at radius 3 is 2.09 bits per heavy atom. The van der Waals surface area contributed by atoms with Gasteiger partial charge >= 0.3 is 0 Å². The van der Waals surface area contributed by atoms with E-state index in [1.807, 2.05) is 28.9 Å². The molecule has 1 aromatic heterocycles. The molecular formula is C20H23N3. The minimum Gasteiger partial charge on any atom is -0.383 e. The van der Waals surface area contributed by atoms with Crippen LogP contribution in [-0.4, -0.2) is 9.78 Å². The molecule has 3 rings (SSSR count). The number of hydrogen-bond acceptors (Lipinski definition) is 2. The number of benzene rings is 2. The van der Waals surface area contributed by atoms with E-state index in [-0.39, 0.29) is 5.54 Å². The van der Waals surface area contributed by atoms with Crippen molar-refractivity contribution in [3.63, 3.8) is 0 Å². The normalized spacial score (nSPS) is 11.6. The molecule has 0 radical (unpaired) electrons. The molecule has 0 aliphatic rings. The number of nitrogen functional groups attached to an aromatic ring is 1. The van der Waals surface area contributed by atoms with Gasteiger partial charge in [0.15, 0.2) is 0 Å². The minimum atomic E-state index is -0.303. The molecule has 0 atom stereocenters. The molecule has 3 aromatic rings. The van der Waals surface area contributed by atoms with Gasteiger partial charge in [0.1, 0.15) is 5.82 Å². The monoisotopic (exact) mass is 305 g/mol. The summed E-state index contributed by atoms with van der Waals surface area (Å²) in [6.07, 6.45) is 0.853. The van der Waals surface area contributed by atoms with E-state index in [0.29, 0.717) is 0 Å². The van der Waals surface area contributed by atoms with Crippen LogP contribution in [0.15, 0.2) is 60.7 Å². The van der Waals surface area contributed by atoms with Crippen molar-refractivity contribution < 1.29 is 0 Å². The molecule has 23 heavy (non-hydrogen) atoms. The van der Waals surface area contributed by atoms with Crippen molar-refractivity contribution >= 4 is 5.82 Å². The molecule has 0 aliphatic heterocycles. The maximum absolute atomic E-state index is 6.54. The van der Waals surface area contributed by atoms with Crippen molar-refractivity contribution in [2.24, 2.45) is 0 Å². The van der Waals surface area contributed by atoms with Crippen LogP contribution in [0.5, 0.6) is 0 Å². The van der Waals surface area contributed by atoms with E-state index in [1.54, 1.807) is 0 Å². The Hall–Kier alpha value is -2.55. The lowest BCUT2D eigenvalue weighted by Gasteiger charge is -2.27. The summed E-state index contributed by atoms with van der Waals surface area (Å²) in [6, 6.07) is 20.6. The van der Waals surface area contributed by atoms with Gasteiger partial charge in [-0.3, -0.25) is 0 Å². The van der Waals surface area contributed by atoms with Crippen molar-refractivity contribution in [2.45, 2.75) is 32.7 Å². The summed E-state index contributed by atoms with van der Waals surface area (Å²) in [7, 11) is 0. The number of anilines is 1. The van der Waals surface area contributed by atoms with Gasteiger partial charge in [0, 0.05) is 5.56 Å². The Kier molecular flexibility index (Phi) is 3.95. The molecule has 0 saturated carbocycles. The number of rotatable bonds is 4. The Bertz CT molecular complexity index is 787. The second kappa shape index (κ2) is 5.92. The summed E-state index contributed by atoms with van der Waals surface area (Å²) in [4.78, 5) is 0. The molecule has 0 unspecified atom stereocenters. The highest BCUT2D eigenvalue weighted by Crippen LogP contribution is 2.35. The summed E-state index contributed by atoms with van der Waals surface area (Å²) in [5.41, 5.74) is 10.6. The van der Waals surface area contributed by atoms with Gasteiger partial charge in [-0.2, -0.15) is 5.10 Å². The van der Waals surface area contributed by atoms with E-state index in [4.69, 9.17) is 10.8 Å². The second-order valence-electron chi connectivity index (χ2n) is 6.26. The molecular weight excluding hydrogens is 282 g/mol. The van der Waals surface area contributed by atoms with Gasteiger partial charge in [-0.25, -0.2) is 4.68 Å². The molecule has 2 aromatic carbocycles. The van der Waals surface area contributed by atoms with Gasteiger partial charge in [0.05, 0.1) is 11.2 Å². The molecule has 2 N–H and O–H groups in total. The molecule has 1 heterocycles. The fraction of sp³-hybridized carbons (Fsp3) is 0.250. The summed E-state index contributed by atoms with van der Waals surface area (Å²) in [5, 5.41) is 4.84. The number of hydrogen-bond donors (Lipinski definition) is 1. The molecule has 0 bridgehead atoms. The Morgan fingerprint density at radius 2 is 1.52 bits per heavy atom. The van der Waals surface area contributed by atoms with Crippen molar-refractivity contribution in [2.75, 3.05) is 5.73 Å². The Balaban J connectivity index is 2.17. The van der Waals surface area contributed by atoms with Crippen LogP contribution < -0.4 is 5.73 Å². The lowest BCUT2D eigenvalue weighted by atomic mass is 9.94. The van der Waals surface area contributed by atoms with Crippen LogP contribution in [0.2, 0.25) is 0 Å². The number of nitrogens with two attached hydrogens (primary N) is 1. The van der Waals surface area contributed by atoms with E-state index in [9.17, 15) is 0 Å².